The van der Waals surface area contributed by atoms with Gasteiger partial charge < -0.3 is 4.74 Å². The van der Waals surface area contributed by atoms with E-state index in [-0.39, 0.29) is 18.3 Å². The lowest BCUT2D eigenvalue weighted by atomic mass is 9.82. The Morgan fingerprint density at radius 2 is 1.38 bits per heavy atom. The highest BCUT2D eigenvalue weighted by Gasteiger charge is 2.27. The first-order valence-electron chi connectivity index (χ1n) is 13.4. The van der Waals surface area contributed by atoms with Crippen molar-refractivity contribution in [2.75, 3.05) is 6.26 Å². The van der Waals surface area contributed by atoms with Crippen LogP contribution in [0.2, 0.25) is 0 Å². The molecule has 204 valence electrons. The van der Waals surface area contributed by atoms with E-state index in [0.717, 1.165) is 5.57 Å². The molecule has 0 amide bonds. The van der Waals surface area contributed by atoms with Crippen molar-refractivity contribution < 1.29 is 17.9 Å². The zero-order valence-electron chi connectivity index (χ0n) is 24.3. The van der Waals surface area contributed by atoms with Crippen LogP contribution >= 0.6 is 0 Å². The second kappa shape index (κ2) is 13.0. The number of hydrogen-bond acceptors (Lipinski definition) is 4. The molecule has 0 bridgehead atoms. The van der Waals surface area contributed by atoms with Crippen LogP contribution in [0.1, 0.15) is 125 Å². The van der Waals surface area contributed by atoms with Gasteiger partial charge >= 0.3 is 0 Å². The van der Waals surface area contributed by atoms with Gasteiger partial charge in [0.2, 0.25) is 0 Å². The normalized spacial score (nSPS) is 15.3. The number of sulfone groups is 1. The van der Waals surface area contributed by atoms with Crippen LogP contribution in [0.5, 0.6) is 0 Å². The zero-order valence-corrected chi connectivity index (χ0v) is 25.1. The van der Waals surface area contributed by atoms with Gasteiger partial charge in [0.25, 0.3) is 0 Å². The number of carbonyl (C=O) groups excluding carboxylic acids is 1. The molecular formula is C32H46O4S. The predicted octanol–water partition coefficient (Wildman–Crippen LogP) is 8.16. The first kappa shape index (κ1) is 31.0. The van der Waals surface area contributed by atoms with Crippen LogP contribution in [0.4, 0.5) is 0 Å². The van der Waals surface area contributed by atoms with Crippen molar-refractivity contribution in [1.29, 1.82) is 0 Å². The van der Waals surface area contributed by atoms with Crippen molar-refractivity contribution in [3.8, 4) is 0 Å². The molecule has 0 radical (unpaired) electrons. The van der Waals surface area contributed by atoms with Gasteiger partial charge in [-0.25, -0.2) is 8.42 Å². The van der Waals surface area contributed by atoms with E-state index >= 15 is 0 Å². The highest BCUT2D eigenvalue weighted by Crippen LogP contribution is 2.38. The van der Waals surface area contributed by atoms with Crippen molar-refractivity contribution in [2.45, 2.75) is 104 Å². The molecule has 0 saturated carbocycles. The largest absolute Gasteiger partial charge is 0.366 e. The van der Waals surface area contributed by atoms with Crippen LogP contribution in [0.3, 0.4) is 0 Å². The van der Waals surface area contributed by atoms with Gasteiger partial charge in [-0.05, 0) is 66.4 Å². The van der Waals surface area contributed by atoms with Gasteiger partial charge in [0.05, 0.1) is 17.5 Å². The van der Waals surface area contributed by atoms with E-state index in [9.17, 15) is 13.2 Å². The fourth-order valence-electron chi connectivity index (χ4n) is 4.62. The van der Waals surface area contributed by atoms with Crippen LogP contribution in [-0.2, 0) is 14.6 Å². The summed E-state index contributed by atoms with van der Waals surface area (Å²) < 4.78 is 31.0. The van der Waals surface area contributed by atoms with E-state index < -0.39 is 21.2 Å². The number of hydrogen-bond donors (Lipinski definition) is 0. The van der Waals surface area contributed by atoms with E-state index in [1.807, 2.05) is 25.1 Å². The molecule has 0 aliphatic carbocycles. The maximum Gasteiger partial charge on any atom is 0.165 e. The fraction of sp³-hybridized carbons (Fsp3) is 0.531. The van der Waals surface area contributed by atoms with Crippen LogP contribution in [0.25, 0.3) is 0 Å². The molecule has 0 spiro atoms. The lowest BCUT2D eigenvalue weighted by Crippen LogP contribution is -2.24. The number of ether oxygens (including phenoxy) is 1. The van der Waals surface area contributed by atoms with Gasteiger partial charge in [-0.1, -0.05) is 90.1 Å². The summed E-state index contributed by atoms with van der Waals surface area (Å²) in [5.41, 5.74) is 6.40. The third-order valence-corrected chi connectivity index (χ3v) is 8.59. The summed E-state index contributed by atoms with van der Waals surface area (Å²) in [6.07, 6.45) is 2.28. The average Bonchev–Trinajstić information content (AvgIpc) is 2.82. The summed E-state index contributed by atoms with van der Waals surface area (Å²) in [7, 11) is -3.26. The quantitative estimate of drug-likeness (QED) is 0.207. The van der Waals surface area contributed by atoms with Gasteiger partial charge in [0.15, 0.2) is 15.6 Å². The second-order valence-corrected chi connectivity index (χ2v) is 13.7. The highest BCUT2D eigenvalue weighted by atomic mass is 32.2. The van der Waals surface area contributed by atoms with Crippen LogP contribution in [-0.4, -0.2) is 31.8 Å². The van der Waals surface area contributed by atoms with Gasteiger partial charge in [-0.3, -0.25) is 4.79 Å². The topological polar surface area (TPSA) is 60.4 Å². The number of benzene rings is 2. The Morgan fingerprint density at radius 1 is 0.865 bits per heavy atom. The summed E-state index contributed by atoms with van der Waals surface area (Å²) in [5.74, 6) is 1.01. The maximum atomic E-state index is 13.2. The molecule has 5 heteroatoms. The fourth-order valence-corrected chi connectivity index (χ4v) is 5.09. The summed E-state index contributed by atoms with van der Waals surface area (Å²) in [5, 5.41) is -0.663. The van der Waals surface area contributed by atoms with E-state index in [1.54, 1.807) is 25.1 Å². The predicted molar refractivity (Wildman–Crippen MR) is 155 cm³/mol. The molecule has 0 unspecified atom stereocenters. The van der Waals surface area contributed by atoms with Crippen LogP contribution in [0, 0.1) is 0 Å². The molecule has 2 rings (SSSR count). The third-order valence-electron chi connectivity index (χ3n) is 7.10. The molecule has 2 aromatic rings. The molecule has 3 atom stereocenters. The van der Waals surface area contributed by atoms with Gasteiger partial charge in [0.1, 0.15) is 0 Å². The number of carbonyl (C=O) groups is 1. The van der Waals surface area contributed by atoms with Crippen LogP contribution in [0.15, 0.2) is 54.1 Å². The maximum absolute atomic E-state index is 13.2. The van der Waals surface area contributed by atoms with Gasteiger partial charge in [-0.15, -0.1) is 0 Å². The molecule has 37 heavy (non-hydrogen) atoms. The Hall–Kier alpha value is -2.24. The molecule has 0 saturated heterocycles. The first-order valence-corrected chi connectivity index (χ1v) is 15.4. The molecule has 4 nitrogen and oxygen atoms in total. The Bertz CT molecular complexity index is 1160. The van der Waals surface area contributed by atoms with Crippen molar-refractivity contribution >= 4 is 15.6 Å². The van der Waals surface area contributed by atoms with Crippen molar-refractivity contribution in [2.24, 2.45) is 0 Å². The lowest BCUT2D eigenvalue weighted by molar-refractivity contribution is 0.0128. The summed E-state index contributed by atoms with van der Waals surface area (Å²) >= 11 is 0. The Kier molecular flexibility index (Phi) is 10.9. The molecule has 0 N–H and O–H groups in total. The van der Waals surface area contributed by atoms with E-state index in [4.69, 9.17) is 4.74 Å². The highest BCUT2D eigenvalue weighted by molar-refractivity contribution is 7.91. The zero-order chi connectivity index (χ0) is 28.1. The molecular weight excluding hydrogens is 480 g/mol. The van der Waals surface area contributed by atoms with Crippen LogP contribution < -0.4 is 0 Å². The van der Waals surface area contributed by atoms with Crippen molar-refractivity contribution in [3.05, 3.63) is 81.9 Å². The van der Waals surface area contributed by atoms with E-state index in [1.165, 1.54) is 28.5 Å². The number of rotatable bonds is 12. The molecule has 0 heterocycles. The molecule has 0 fully saturated rings. The minimum absolute atomic E-state index is 0.0270. The second-order valence-electron chi connectivity index (χ2n) is 11.3. The molecule has 0 aromatic heterocycles. The summed E-state index contributed by atoms with van der Waals surface area (Å²) in [6, 6.07) is 13.8. The third kappa shape index (κ3) is 8.38. The Morgan fingerprint density at radius 3 is 1.81 bits per heavy atom. The standard InChI is InChI=1S/C32H46O4S/c1-20(2)27-17-28(21(3)4)32(29(18-27)22(5)6)25(9)36-31(23(7)16-24(8)37(10,34)35)19-30(33)26-14-12-11-13-15-26/h11-18,20-22,24-25,31H,19H2,1-10H3/b23-16-/t24-,25+,31+/m1/s1. The van der Waals surface area contributed by atoms with Gasteiger partial charge in [0, 0.05) is 18.2 Å². The van der Waals surface area contributed by atoms with E-state index in [0.29, 0.717) is 23.3 Å². The van der Waals surface area contributed by atoms with E-state index in [2.05, 4.69) is 60.6 Å². The SMILES string of the molecule is C/C(=C/[C@@H](C)S(C)(=O)=O)[C@H](CC(=O)c1ccccc1)O[C@@H](C)c1c(C(C)C)cc(C(C)C)cc1C(C)C. The Labute approximate surface area is 225 Å². The van der Waals surface area contributed by atoms with Crippen molar-refractivity contribution in [1.82, 2.24) is 0 Å². The summed E-state index contributed by atoms with van der Waals surface area (Å²) in [6.45, 7) is 18.8. The Balaban J connectivity index is 2.57. The molecule has 2 aromatic carbocycles. The average molecular weight is 527 g/mol. The smallest absolute Gasteiger partial charge is 0.165 e. The number of ketones is 1. The number of Topliss-reactive ketones (excluding diaryl/α,β-unsaturated/α-hetero) is 1. The summed E-state index contributed by atoms with van der Waals surface area (Å²) in [4.78, 5) is 13.2. The minimum Gasteiger partial charge on any atom is -0.366 e. The van der Waals surface area contributed by atoms with Gasteiger partial charge in [-0.2, -0.15) is 0 Å². The monoisotopic (exact) mass is 526 g/mol. The molecule has 0 aliphatic heterocycles. The molecule has 0 aliphatic rings. The van der Waals surface area contributed by atoms with Crippen molar-refractivity contribution in [3.63, 3.8) is 0 Å². The lowest BCUT2D eigenvalue weighted by Gasteiger charge is -2.30. The minimum atomic E-state index is -3.26. The first-order chi connectivity index (χ1) is 17.1.